The largest absolute Gasteiger partial charge is 0.311 e. The van der Waals surface area contributed by atoms with Crippen molar-refractivity contribution < 1.29 is 9.59 Å². The topological polar surface area (TPSA) is 37.4 Å². The summed E-state index contributed by atoms with van der Waals surface area (Å²) < 4.78 is 0. The lowest BCUT2D eigenvalue weighted by Crippen LogP contribution is -2.40. The van der Waals surface area contributed by atoms with Crippen LogP contribution in [0.2, 0.25) is 0 Å². The first-order valence-corrected chi connectivity index (χ1v) is 7.17. The molecule has 1 heterocycles. The molecule has 3 heteroatoms. The number of carbonyl (C=O) groups is 2. The van der Waals surface area contributed by atoms with Crippen LogP contribution in [0.25, 0.3) is 0 Å². The van der Waals surface area contributed by atoms with E-state index in [0.29, 0.717) is 18.5 Å². The minimum absolute atomic E-state index is 0.161. The van der Waals surface area contributed by atoms with Gasteiger partial charge in [-0.3, -0.25) is 9.59 Å². The molecular formula is C16H17NO2. The van der Waals surface area contributed by atoms with Gasteiger partial charge in [0.05, 0.1) is 5.69 Å². The van der Waals surface area contributed by atoms with Crippen molar-refractivity contribution in [3.8, 4) is 0 Å². The van der Waals surface area contributed by atoms with E-state index in [4.69, 9.17) is 0 Å². The van der Waals surface area contributed by atoms with Gasteiger partial charge in [-0.25, -0.2) is 0 Å². The molecule has 0 radical (unpaired) electrons. The van der Waals surface area contributed by atoms with Crippen molar-refractivity contribution in [2.24, 2.45) is 17.8 Å². The molecule has 2 fully saturated rings. The molecule has 19 heavy (non-hydrogen) atoms. The van der Waals surface area contributed by atoms with Crippen LogP contribution in [0.15, 0.2) is 24.3 Å². The van der Waals surface area contributed by atoms with E-state index < -0.39 is 0 Å². The second-order valence-corrected chi connectivity index (χ2v) is 6.10. The lowest BCUT2D eigenvalue weighted by atomic mass is 9.96. The molecule has 0 spiro atoms. The van der Waals surface area contributed by atoms with Crippen LogP contribution >= 0.6 is 0 Å². The van der Waals surface area contributed by atoms with Crippen LogP contribution in [-0.4, -0.2) is 18.2 Å². The number of anilines is 1. The number of hydrogen-bond acceptors (Lipinski definition) is 2. The number of benzene rings is 1. The molecule has 98 valence electrons. The lowest BCUT2D eigenvalue weighted by molar-refractivity contribution is -0.122. The maximum absolute atomic E-state index is 12.7. The van der Waals surface area contributed by atoms with Gasteiger partial charge in [0.1, 0.15) is 0 Å². The number of para-hydroxylation sites is 1. The first-order chi connectivity index (χ1) is 9.24. The van der Waals surface area contributed by atoms with Gasteiger partial charge in [0.25, 0.3) is 0 Å². The molecule has 2 aliphatic carbocycles. The van der Waals surface area contributed by atoms with E-state index in [-0.39, 0.29) is 17.6 Å². The summed E-state index contributed by atoms with van der Waals surface area (Å²) in [6, 6.07) is 7.52. The van der Waals surface area contributed by atoms with E-state index in [9.17, 15) is 9.59 Å². The van der Waals surface area contributed by atoms with E-state index in [2.05, 4.69) is 0 Å². The SMILES string of the molecule is O=C1CCN(C(=O)C2CC3CC3C2)c2ccccc21. The van der Waals surface area contributed by atoms with Gasteiger partial charge in [-0.15, -0.1) is 0 Å². The fourth-order valence-corrected chi connectivity index (χ4v) is 3.78. The molecule has 2 unspecified atom stereocenters. The van der Waals surface area contributed by atoms with Crippen molar-refractivity contribution >= 4 is 17.4 Å². The number of fused-ring (bicyclic) bond motifs is 2. The normalized spacial score (nSPS) is 31.9. The summed E-state index contributed by atoms with van der Waals surface area (Å²) >= 11 is 0. The maximum atomic E-state index is 12.7. The van der Waals surface area contributed by atoms with Gasteiger partial charge >= 0.3 is 0 Å². The number of nitrogens with zero attached hydrogens (tertiary/aromatic N) is 1. The highest BCUT2D eigenvalue weighted by Crippen LogP contribution is 2.54. The molecule has 1 aromatic carbocycles. The standard InChI is InChI=1S/C16H17NO2/c18-15-5-6-17(14-4-2-1-3-13(14)15)16(19)12-8-10-7-11(10)9-12/h1-4,10-12H,5-9H2. The summed E-state index contributed by atoms with van der Waals surface area (Å²) in [5, 5.41) is 0. The molecule has 0 N–H and O–H groups in total. The van der Waals surface area contributed by atoms with Crippen LogP contribution in [0.4, 0.5) is 5.69 Å². The average Bonchev–Trinajstić information content (AvgIpc) is 3.05. The number of amides is 1. The Hall–Kier alpha value is -1.64. The first-order valence-electron chi connectivity index (χ1n) is 7.17. The number of Topliss-reactive ketones (excluding diaryl/α,β-unsaturated/α-hetero) is 1. The Bertz CT molecular complexity index is 556. The zero-order chi connectivity index (χ0) is 13.0. The predicted molar refractivity (Wildman–Crippen MR) is 72.1 cm³/mol. The maximum Gasteiger partial charge on any atom is 0.230 e. The second-order valence-electron chi connectivity index (χ2n) is 6.10. The third-order valence-corrected chi connectivity index (χ3v) is 4.92. The van der Waals surface area contributed by atoms with Gasteiger partial charge in [0.15, 0.2) is 5.78 Å². The van der Waals surface area contributed by atoms with Crippen LogP contribution in [0.1, 0.15) is 36.0 Å². The Kier molecular flexibility index (Phi) is 2.32. The predicted octanol–water partition coefficient (Wildman–Crippen LogP) is 2.65. The molecule has 2 atom stereocenters. The van der Waals surface area contributed by atoms with Gasteiger partial charge in [0, 0.05) is 24.4 Å². The van der Waals surface area contributed by atoms with Crippen LogP contribution in [0.3, 0.4) is 0 Å². The average molecular weight is 255 g/mol. The smallest absolute Gasteiger partial charge is 0.230 e. The molecular weight excluding hydrogens is 238 g/mol. The summed E-state index contributed by atoms with van der Waals surface area (Å²) in [6.45, 7) is 0.556. The molecule has 1 amide bonds. The Morgan fingerprint density at radius 1 is 1.11 bits per heavy atom. The lowest BCUT2D eigenvalue weighted by Gasteiger charge is -2.31. The Morgan fingerprint density at radius 3 is 2.63 bits per heavy atom. The molecule has 3 aliphatic rings. The van der Waals surface area contributed by atoms with Crippen molar-refractivity contribution in [2.45, 2.75) is 25.7 Å². The second kappa shape index (κ2) is 3.92. The molecule has 4 rings (SSSR count). The molecule has 0 saturated heterocycles. The molecule has 2 saturated carbocycles. The minimum atomic E-state index is 0.161. The zero-order valence-electron chi connectivity index (χ0n) is 10.8. The molecule has 0 bridgehead atoms. The quantitative estimate of drug-likeness (QED) is 0.773. The molecule has 1 aliphatic heterocycles. The Labute approximate surface area is 112 Å². The summed E-state index contributed by atoms with van der Waals surface area (Å²) in [7, 11) is 0. The van der Waals surface area contributed by atoms with Gasteiger partial charge in [-0.05, 0) is 43.2 Å². The zero-order valence-corrected chi connectivity index (χ0v) is 10.8. The van der Waals surface area contributed by atoms with E-state index in [1.807, 2.05) is 29.2 Å². The van der Waals surface area contributed by atoms with Gasteiger partial charge < -0.3 is 4.90 Å². The van der Waals surface area contributed by atoms with Crippen molar-refractivity contribution in [1.29, 1.82) is 0 Å². The van der Waals surface area contributed by atoms with E-state index in [1.54, 1.807) is 0 Å². The Balaban J connectivity index is 1.63. The number of rotatable bonds is 1. The molecule has 0 aromatic heterocycles. The van der Waals surface area contributed by atoms with Gasteiger partial charge in [-0.1, -0.05) is 12.1 Å². The highest BCUT2D eigenvalue weighted by atomic mass is 16.2. The number of ketones is 1. The van der Waals surface area contributed by atoms with Crippen molar-refractivity contribution in [3.05, 3.63) is 29.8 Å². The van der Waals surface area contributed by atoms with Crippen molar-refractivity contribution in [3.63, 3.8) is 0 Å². The van der Waals surface area contributed by atoms with Crippen molar-refractivity contribution in [2.75, 3.05) is 11.4 Å². The van der Waals surface area contributed by atoms with E-state index in [0.717, 1.165) is 30.4 Å². The van der Waals surface area contributed by atoms with E-state index in [1.165, 1.54) is 6.42 Å². The Morgan fingerprint density at radius 2 is 1.84 bits per heavy atom. The van der Waals surface area contributed by atoms with E-state index >= 15 is 0 Å². The minimum Gasteiger partial charge on any atom is -0.311 e. The summed E-state index contributed by atoms with van der Waals surface area (Å²) in [6.07, 6.45) is 3.92. The number of carbonyl (C=O) groups excluding carboxylic acids is 2. The summed E-state index contributed by atoms with van der Waals surface area (Å²) in [5.41, 5.74) is 1.54. The highest BCUT2D eigenvalue weighted by molar-refractivity contribution is 6.09. The summed E-state index contributed by atoms with van der Waals surface area (Å²) in [5.74, 6) is 2.23. The van der Waals surface area contributed by atoms with Crippen LogP contribution in [-0.2, 0) is 4.79 Å². The fourth-order valence-electron chi connectivity index (χ4n) is 3.78. The highest BCUT2D eigenvalue weighted by Gasteiger charge is 2.49. The number of hydrogen-bond donors (Lipinski definition) is 0. The fraction of sp³-hybridized carbons (Fsp3) is 0.500. The van der Waals surface area contributed by atoms with Gasteiger partial charge in [0.2, 0.25) is 5.91 Å². The van der Waals surface area contributed by atoms with Gasteiger partial charge in [-0.2, -0.15) is 0 Å². The third-order valence-electron chi connectivity index (χ3n) is 4.92. The molecule has 3 nitrogen and oxygen atoms in total. The van der Waals surface area contributed by atoms with Crippen LogP contribution < -0.4 is 4.90 Å². The van der Waals surface area contributed by atoms with Crippen LogP contribution in [0.5, 0.6) is 0 Å². The van der Waals surface area contributed by atoms with Crippen LogP contribution in [0, 0.1) is 17.8 Å². The monoisotopic (exact) mass is 255 g/mol. The molecule has 1 aromatic rings. The third kappa shape index (κ3) is 1.71. The first kappa shape index (κ1) is 11.2. The van der Waals surface area contributed by atoms with Crippen molar-refractivity contribution in [1.82, 2.24) is 0 Å². The summed E-state index contributed by atoms with van der Waals surface area (Å²) in [4.78, 5) is 26.4.